The number of aromatic nitrogens is 1. The molecular formula is C16H19N3O2. The minimum atomic E-state index is -0.421. The monoisotopic (exact) mass is 285 g/mol. The highest BCUT2D eigenvalue weighted by molar-refractivity contribution is 6.06. The van der Waals surface area contributed by atoms with Crippen molar-refractivity contribution in [3.63, 3.8) is 0 Å². The number of nitrogens with zero attached hydrogens (tertiary/aromatic N) is 2. The lowest BCUT2D eigenvalue weighted by atomic mass is 10.1. The van der Waals surface area contributed by atoms with E-state index < -0.39 is 5.91 Å². The summed E-state index contributed by atoms with van der Waals surface area (Å²) in [5, 5.41) is 0.800. The number of pyridine rings is 1. The molecule has 1 atom stereocenters. The highest BCUT2D eigenvalue weighted by atomic mass is 16.5. The number of ether oxygens (including phenoxy) is 1. The molecule has 3 rings (SSSR count). The molecule has 1 fully saturated rings. The topological polar surface area (TPSA) is 68.5 Å². The summed E-state index contributed by atoms with van der Waals surface area (Å²) in [6.45, 7) is 4.36. The Morgan fingerprint density at radius 3 is 3.05 bits per heavy atom. The molecule has 5 heteroatoms. The summed E-state index contributed by atoms with van der Waals surface area (Å²) in [6.07, 6.45) is 1.18. The number of hydrogen-bond acceptors (Lipinski definition) is 4. The fourth-order valence-electron chi connectivity index (χ4n) is 2.70. The Bertz CT molecular complexity index is 672. The number of rotatable bonds is 3. The van der Waals surface area contributed by atoms with Crippen LogP contribution in [0, 0.1) is 0 Å². The Morgan fingerprint density at radius 2 is 2.29 bits per heavy atom. The van der Waals surface area contributed by atoms with E-state index >= 15 is 0 Å². The van der Waals surface area contributed by atoms with E-state index in [2.05, 4.69) is 16.8 Å². The van der Waals surface area contributed by atoms with Gasteiger partial charge in [0.2, 0.25) is 5.91 Å². The van der Waals surface area contributed by atoms with Crippen LogP contribution < -0.4 is 10.6 Å². The minimum Gasteiger partial charge on any atom is -0.375 e. The van der Waals surface area contributed by atoms with Crippen LogP contribution in [-0.4, -0.2) is 36.7 Å². The second-order valence-electron chi connectivity index (χ2n) is 5.26. The van der Waals surface area contributed by atoms with E-state index in [-0.39, 0.29) is 6.10 Å². The van der Waals surface area contributed by atoms with Crippen molar-refractivity contribution in [3.05, 3.63) is 35.9 Å². The molecule has 1 aliphatic rings. The number of nitrogens with two attached hydrogens (primary N) is 1. The van der Waals surface area contributed by atoms with Crippen molar-refractivity contribution in [1.29, 1.82) is 0 Å². The zero-order valence-corrected chi connectivity index (χ0v) is 12.1. The molecule has 1 aromatic heterocycles. The normalized spacial score (nSPS) is 18.9. The van der Waals surface area contributed by atoms with Crippen LogP contribution in [0.15, 0.2) is 30.3 Å². The van der Waals surface area contributed by atoms with Gasteiger partial charge in [0, 0.05) is 18.5 Å². The number of carbonyl (C=O) groups excluding carboxylic acids is 1. The third-order valence-electron chi connectivity index (χ3n) is 3.89. The summed E-state index contributed by atoms with van der Waals surface area (Å²) in [4.78, 5) is 18.6. The van der Waals surface area contributed by atoms with Crippen molar-refractivity contribution in [1.82, 2.24) is 4.98 Å². The maximum absolute atomic E-state index is 11.7. The van der Waals surface area contributed by atoms with E-state index in [1.165, 1.54) is 0 Å². The Balaban J connectivity index is 2.04. The third kappa shape index (κ3) is 2.69. The van der Waals surface area contributed by atoms with Gasteiger partial charge in [-0.3, -0.25) is 4.79 Å². The number of amides is 1. The van der Waals surface area contributed by atoms with Crippen LogP contribution in [0.5, 0.6) is 0 Å². The fourth-order valence-corrected chi connectivity index (χ4v) is 2.70. The second kappa shape index (κ2) is 5.69. The molecular weight excluding hydrogens is 266 g/mol. The maximum Gasteiger partial charge on any atom is 0.249 e. The average molecular weight is 285 g/mol. The average Bonchev–Trinajstić information content (AvgIpc) is 2.53. The van der Waals surface area contributed by atoms with E-state index in [9.17, 15) is 4.79 Å². The molecule has 0 saturated carbocycles. The van der Waals surface area contributed by atoms with Crippen molar-refractivity contribution < 1.29 is 9.53 Å². The Kier molecular flexibility index (Phi) is 3.75. The first kappa shape index (κ1) is 13.8. The lowest BCUT2D eigenvalue weighted by Gasteiger charge is -2.33. The summed E-state index contributed by atoms with van der Waals surface area (Å²) in [6, 6.07) is 9.38. The zero-order valence-electron chi connectivity index (χ0n) is 12.1. The number of primary amides is 1. The Labute approximate surface area is 123 Å². The smallest absolute Gasteiger partial charge is 0.249 e. The van der Waals surface area contributed by atoms with Gasteiger partial charge in [-0.2, -0.15) is 0 Å². The van der Waals surface area contributed by atoms with Crippen molar-refractivity contribution in [2.45, 2.75) is 19.4 Å². The molecule has 1 saturated heterocycles. The van der Waals surface area contributed by atoms with E-state index in [0.29, 0.717) is 12.2 Å². The number of carbonyl (C=O) groups is 1. The van der Waals surface area contributed by atoms with Gasteiger partial charge in [0.1, 0.15) is 5.82 Å². The van der Waals surface area contributed by atoms with Gasteiger partial charge in [-0.1, -0.05) is 25.1 Å². The number of morpholine rings is 1. The van der Waals surface area contributed by atoms with Crippen molar-refractivity contribution in [2.24, 2.45) is 5.73 Å². The van der Waals surface area contributed by atoms with Crippen molar-refractivity contribution in [3.8, 4) is 0 Å². The number of fused-ring (bicyclic) bond motifs is 1. The van der Waals surface area contributed by atoms with Gasteiger partial charge < -0.3 is 15.4 Å². The largest absolute Gasteiger partial charge is 0.375 e. The first-order valence-electron chi connectivity index (χ1n) is 7.25. The predicted molar refractivity (Wildman–Crippen MR) is 82.5 cm³/mol. The van der Waals surface area contributed by atoms with E-state index in [4.69, 9.17) is 10.5 Å². The Morgan fingerprint density at radius 1 is 1.48 bits per heavy atom. The molecule has 0 aliphatic carbocycles. The van der Waals surface area contributed by atoms with Gasteiger partial charge in [-0.05, 0) is 18.6 Å². The van der Waals surface area contributed by atoms with Crippen molar-refractivity contribution >= 4 is 22.6 Å². The fraction of sp³-hybridized carbons (Fsp3) is 0.375. The van der Waals surface area contributed by atoms with Crippen LogP contribution in [0.4, 0.5) is 5.82 Å². The van der Waals surface area contributed by atoms with Crippen LogP contribution in [0.2, 0.25) is 0 Å². The molecule has 1 aliphatic heterocycles. The number of para-hydroxylation sites is 1. The Hall–Kier alpha value is -2.14. The number of hydrogen-bond donors (Lipinski definition) is 1. The van der Waals surface area contributed by atoms with Crippen LogP contribution >= 0.6 is 0 Å². The van der Waals surface area contributed by atoms with Gasteiger partial charge in [0.05, 0.1) is 23.8 Å². The molecule has 2 N–H and O–H groups in total. The second-order valence-corrected chi connectivity index (χ2v) is 5.26. The molecule has 0 radical (unpaired) electrons. The highest BCUT2D eigenvalue weighted by Crippen LogP contribution is 2.24. The van der Waals surface area contributed by atoms with Crippen LogP contribution in [0.25, 0.3) is 10.9 Å². The van der Waals surface area contributed by atoms with Gasteiger partial charge in [-0.25, -0.2) is 4.98 Å². The first-order valence-corrected chi connectivity index (χ1v) is 7.25. The molecule has 5 nitrogen and oxygen atoms in total. The van der Waals surface area contributed by atoms with E-state index in [1.54, 1.807) is 6.07 Å². The maximum atomic E-state index is 11.7. The quantitative estimate of drug-likeness (QED) is 0.936. The number of anilines is 1. The molecule has 2 heterocycles. The number of benzene rings is 1. The molecule has 1 amide bonds. The van der Waals surface area contributed by atoms with Gasteiger partial charge in [0.15, 0.2) is 0 Å². The summed E-state index contributed by atoms with van der Waals surface area (Å²) in [5.74, 6) is 0.374. The molecule has 0 spiro atoms. The summed E-state index contributed by atoms with van der Waals surface area (Å²) < 4.78 is 5.68. The highest BCUT2D eigenvalue weighted by Gasteiger charge is 2.21. The minimum absolute atomic E-state index is 0.212. The SMILES string of the molecule is CCC1CN(c2cc(C(N)=O)c3ccccc3n2)CCO1. The van der Waals surface area contributed by atoms with Crippen molar-refractivity contribution in [2.75, 3.05) is 24.6 Å². The molecule has 1 unspecified atom stereocenters. The lowest BCUT2D eigenvalue weighted by Crippen LogP contribution is -2.42. The third-order valence-corrected chi connectivity index (χ3v) is 3.89. The lowest BCUT2D eigenvalue weighted by molar-refractivity contribution is 0.0382. The van der Waals surface area contributed by atoms with Crippen LogP contribution in [0.3, 0.4) is 0 Å². The standard InChI is InChI=1S/C16H19N3O2/c1-2-11-10-19(7-8-21-11)15-9-13(16(17)20)12-5-3-4-6-14(12)18-15/h3-6,9,11H,2,7-8,10H2,1H3,(H2,17,20). The van der Waals surface area contributed by atoms with Crippen LogP contribution in [0.1, 0.15) is 23.7 Å². The van der Waals surface area contributed by atoms with Crippen LogP contribution in [-0.2, 0) is 4.74 Å². The zero-order chi connectivity index (χ0) is 14.8. The summed E-state index contributed by atoms with van der Waals surface area (Å²) in [7, 11) is 0. The molecule has 2 aromatic rings. The predicted octanol–water partition coefficient (Wildman–Crippen LogP) is 1.95. The van der Waals surface area contributed by atoms with Gasteiger partial charge in [0.25, 0.3) is 0 Å². The van der Waals surface area contributed by atoms with E-state index in [1.807, 2.05) is 24.3 Å². The molecule has 21 heavy (non-hydrogen) atoms. The molecule has 1 aromatic carbocycles. The first-order chi connectivity index (χ1) is 10.2. The summed E-state index contributed by atoms with van der Waals surface area (Å²) in [5.41, 5.74) is 6.84. The summed E-state index contributed by atoms with van der Waals surface area (Å²) >= 11 is 0. The van der Waals surface area contributed by atoms with Gasteiger partial charge in [-0.15, -0.1) is 0 Å². The molecule has 110 valence electrons. The molecule has 0 bridgehead atoms. The van der Waals surface area contributed by atoms with Gasteiger partial charge >= 0.3 is 0 Å². The van der Waals surface area contributed by atoms with E-state index in [0.717, 1.165) is 36.2 Å².